The Labute approximate surface area is 158 Å². The highest BCUT2D eigenvalue weighted by Gasteiger charge is 2.69. The van der Waals surface area contributed by atoms with Gasteiger partial charge in [0, 0.05) is 16.1 Å². The molecule has 7 heteroatoms. The van der Waals surface area contributed by atoms with Crippen molar-refractivity contribution in [3.63, 3.8) is 0 Å². The third kappa shape index (κ3) is 4.48. The van der Waals surface area contributed by atoms with E-state index in [2.05, 4.69) is 10.6 Å². The predicted octanol–water partition coefficient (Wildman–Crippen LogP) is 2.44. The molecule has 2 amide bonds. The van der Waals surface area contributed by atoms with E-state index in [1.165, 1.54) is 0 Å². The monoisotopic (exact) mass is 380 g/mol. The summed E-state index contributed by atoms with van der Waals surface area (Å²) in [5.74, 6) is 0.339. The van der Waals surface area contributed by atoms with Crippen LogP contribution in [0.1, 0.15) is 40.0 Å². The summed E-state index contributed by atoms with van der Waals surface area (Å²) in [5, 5.41) is 6.68. The molecule has 3 saturated carbocycles. The van der Waals surface area contributed by atoms with Crippen molar-refractivity contribution in [3.8, 4) is 5.75 Å². The molecule has 4 rings (SSSR count). The molecule has 0 aromatic heterocycles. The quantitative estimate of drug-likeness (QED) is 0.761. The van der Waals surface area contributed by atoms with Gasteiger partial charge in [-0.05, 0) is 64.3 Å². The minimum absolute atomic E-state index is 0.0395. The number of nitrogens with one attached hydrogen (secondary N) is 2. The van der Waals surface area contributed by atoms with E-state index in [0.29, 0.717) is 10.8 Å². The van der Waals surface area contributed by atoms with Crippen LogP contribution in [-0.4, -0.2) is 41.7 Å². The van der Waals surface area contributed by atoms with Crippen molar-refractivity contribution < 1.29 is 19.1 Å². The summed E-state index contributed by atoms with van der Waals surface area (Å²) in [4.78, 5) is 24.1. The second-order valence-corrected chi connectivity index (χ2v) is 8.77. The van der Waals surface area contributed by atoms with E-state index < -0.39 is 0 Å². The van der Waals surface area contributed by atoms with Crippen LogP contribution < -0.4 is 15.4 Å². The van der Waals surface area contributed by atoms with Crippen molar-refractivity contribution >= 4 is 23.4 Å². The third-order valence-corrected chi connectivity index (χ3v) is 4.91. The smallest absolute Gasteiger partial charge is 0.258 e. The van der Waals surface area contributed by atoms with Gasteiger partial charge >= 0.3 is 0 Å². The number of carbonyl (C=O) groups excluding carboxylic acids is 2. The van der Waals surface area contributed by atoms with Gasteiger partial charge in [0.15, 0.2) is 6.61 Å². The van der Waals surface area contributed by atoms with Gasteiger partial charge in [-0.25, -0.2) is 0 Å². The van der Waals surface area contributed by atoms with Gasteiger partial charge in [0.1, 0.15) is 12.4 Å². The van der Waals surface area contributed by atoms with E-state index in [0.717, 1.165) is 19.3 Å². The van der Waals surface area contributed by atoms with Crippen molar-refractivity contribution in [1.29, 1.82) is 0 Å². The van der Waals surface area contributed by atoms with Gasteiger partial charge in [0.2, 0.25) is 5.91 Å². The molecule has 6 nitrogen and oxygen atoms in total. The van der Waals surface area contributed by atoms with Gasteiger partial charge in [-0.15, -0.1) is 0 Å². The van der Waals surface area contributed by atoms with Crippen LogP contribution in [0, 0.1) is 0 Å². The lowest BCUT2D eigenvalue weighted by Gasteiger charge is -2.70. The highest BCUT2D eigenvalue weighted by Crippen LogP contribution is 2.60. The molecule has 3 fully saturated rings. The molecule has 0 saturated heterocycles. The SMILES string of the molecule is CC(C)(C)OCC(=O)NC12CC(NC(=O)COc3ccc(Cl)cc3)(C1)C2. The van der Waals surface area contributed by atoms with Crippen molar-refractivity contribution in [3.05, 3.63) is 29.3 Å². The Morgan fingerprint density at radius 2 is 1.50 bits per heavy atom. The Balaban J connectivity index is 1.36. The predicted molar refractivity (Wildman–Crippen MR) is 98.3 cm³/mol. The maximum absolute atomic E-state index is 12.1. The van der Waals surface area contributed by atoms with Crippen LogP contribution in [0.4, 0.5) is 0 Å². The summed E-state index contributed by atoms with van der Waals surface area (Å²) in [6, 6.07) is 6.87. The number of halogens is 1. The Morgan fingerprint density at radius 1 is 1.00 bits per heavy atom. The molecule has 0 heterocycles. The zero-order chi connectivity index (χ0) is 19.0. The highest BCUT2D eigenvalue weighted by atomic mass is 35.5. The van der Waals surface area contributed by atoms with Gasteiger partial charge in [0.05, 0.1) is 5.60 Å². The van der Waals surface area contributed by atoms with Crippen molar-refractivity contribution in [2.75, 3.05) is 13.2 Å². The summed E-state index contributed by atoms with van der Waals surface area (Å²) in [6.07, 6.45) is 2.27. The number of hydrogen-bond donors (Lipinski definition) is 2. The number of hydrogen-bond acceptors (Lipinski definition) is 4. The first-order valence-electron chi connectivity index (χ1n) is 8.73. The summed E-state index contributed by atoms with van der Waals surface area (Å²) in [7, 11) is 0. The first-order chi connectivity index (χ1) is 12.1. The molecule has 0 spiro atoms. The van der Waals surface area contributed by atoms with E-state index in [1.807, 2.05) is 20.8 Å². The lowest BCUT2D eigenvalue weighted by atomic mass is 9.44. The molecule has 0 aliphatic heterocycles. The van der Waals surface area contributed by atoms with Gasteiger partial charge in [-0.3, -0.25) is 9.59 Å². The summed E-state index contributed by atoms with van der Waals surface area (Å²) in [5.41, 5.74) is -0.711. The molecular weight excluding hydrogens is 356 g/mol. The largest absolute Gasteiger partial charge is 0.484 e. The molecule has 3 aliphatic carbocycles. The average molecular weight is 381 g/mol. The summed E-state index contributed by atoms with van der Waals surface area (Å²) >= 11 is 5.81. The maximum atomic E-state index is 12.1. The fourth-order valence-corrected chi connectivity index (χ4v) is 3.80. The molecule has 26 heavy (non-hydrogen) atoms. The van der Waals surface area contributed by atoms with E-state index in [-0.39, 0.29) is 41.7 Å². The highest BCUT2D eigenvalue weighted by molar-refractivity contribution is 6.30. The fourth-order valence-electron chi connectivity index (χ4n) is 3.68. The maximum Gasteiger partial charge on any atom is 0.258 e. The first-order valence-corrected chi connectivity index (χ1v) is 9.11. The molecule has 0 radical (unpaired) electrons. The Hall–Kier alpha value is -1.79. The van der Waals surface area contributed by atoms with Crippen molar-refractivity contribution in [2.45, 2.75) is 56.7 Å². The Kier molecular flexibility index (Phi) is 4.92. The van der Waals surface area contributed by atoms with Crippen LogP contribution in [-0.2, 0) is 14.3 Å². The second-order valence-electron chi connectivity index (χ2n) is 8.33. The molecule has 2 N–H and O–H groups in total. The standard InChI is InChI=1S/C19H25ClN2O4/c1-17(2,3)26-9-16(24)22-19-10-18(11-19,12-19)21-15(23)8-25-14-6-4-13(20)5-7-14/h4-7H,8-12H2,1-3H3,(H,21,23)(H,22,24). The molecule has 1 aromatic carbocycles. The van der Waals surface area contributed by atoms with E-state index >= 15 is 0 Å². The lowest BCUT2D eigenvalue weighted by molar-refractivity contribution is -0.154. The van der Waals surface area contributed by atoms with E-state index in [4.69, 9.17) is 21.1 Å². The van der Waals surface area contributed by atoms with Crippen molar-refractivity contribution in [2.24, 2.45) is 0 Å². The average Bonchev–Trinajstić information content (AvgIpc) is 2.48. The van der Waals surface area contributed by atoms with Gasteiger partial charge in [0.25, 0.3) is 5.91 Å². The van der Waals surface area contributed by atoms with Crippen LogP contribution in [0.3, 0.4) is 0 Å². The zero-order valence-corrected chi connectivity index (χ0v) is 16.1. The van der Waals surface area contributed by atoms with Crippen LogP contribution in [0.25, 0.3) is 0 Å². The van der Waals surface area contributed by atoms with Crippen molar-refractivity contribution in [1.82, 2.24) is 10.6 Å². The molecular formula is C19H25ClN2O4. The molecule has 3 aliphatic rings. The number of benzene rings is 1. The van der Waals surface area contributed by atoms with Crippen LogP contribution in [0.5, 0.6) is 5.75 Å². The number of rotatable bonds is 7. The van der Waals surface area contributed by atoms with Crippen LogP contribution in [0.2, 0.25) is 5.02 Å². The summed E-state index contributed by atoms with van der Waals surface area (Å²) in [6.45, 7) is 5.76. The number of amides is 2. The molecule has 142 valence electrons. The molecule has 2 bridgehead atoms. The number of ether oxygens (including phenoxy) is 2. The Bertz CT molecular complexity index is 677. The van der Waals surface area contributed by atoms with Crippen LogP contribution >= 0.6 is 11.6 Å². The van der Waals surface area contributed by atoms with E-state index in [9.17, 15) is 9.59 Å². The van der Waals surface area contributed by atoms with Crippen LogP contribution in [0.15, 0.2) is 24.3 Å². The minimum atomic E-state index is -0.337. The molecule has 0 atom stereocenters. The van der Waals surface area contributed by atoms with E-state index in [1.54, 1.807) is 24.3 Å². The van der Waals surface area contributed by atoms with Gasteiger partial charge in [-0.1, -0.05) is 11.6 Å². The molecule has 0 unspecified atom stereocenters. The second kappa shape index (κ2) is 6.74. The third-order valence-electron chi connectivity index (χ3n) is 4.66. The topological polar surface area (TPSA) is 76.7 Å². The first kappa shape index (κ1) is 19.0. The van der Waals surface area contributed by atoms with Gasteiger partial charge in [-0.2, -0.15) is 0 Å². The number of carbonyl (C=O) groups is 2. The molecule has 1 aromatic rings. The normalized spacial score (nSPS) is 26.3. The lowest BCUT2D eigenvalue weighted by Crippen LogP contribution is -2.84. The van der Waals surface area contributed by atoms with Gasteiger partial charge < -0.3 is 20.1 Å². The fraction of sp³-hybridized carbons (Fsp3) is 0.579. The summed E-state index contributed by atoms with van der Waals surface area (Å²) < 4.78 is 10.9. The Morgan fingerprint density at radius 3 is 2.00 bits per heavy atom. The zero-order valence-electron chi connectivity index (χ0n) is 15.4. The minimum Gasteiger partial charge on any atom is -0.484 e.